The maximum Gasteiger partial charge on any atom is 0.389 e. The molecule has 1 aromatic rings. The topological polar surface area (TPSA) is 45.0 Å². The summed E-state index contributed by atoms with van der Waals surface area (Å²) in [5.74, 6) is 0.625. The molecule has 0 aliphatic heterocycles. The maximum atomic E-state index is 11.9. The van der Waals surface area contributed by atoms with E-state index in [4.69, 9.17) is 10.00 Å². The molecule has 0 aromatic heterocycles. The van der Waals surface area contributed by atoms with Crippen molar-refractivity contribution in [1.82, 2.24) is 5.32 Å². The first-order chi connectivity index (χ1) is 9.51. The number of benzene rings is 1. The van der Waals surface area contributed by atoms with Gasteiger partial charge in [0.1, 0.15) is 11.8 Å². The Morgan fingerprint density at radius 2 is 1.85 bits per heavy atom. The van der Waals surface area contributed by atoms with Crippen LogP contribution in [0.2, 0.25) is 0 Å². The van der Waals surface area contributed by atoms with E-state index in [1.54, 1.807) is 12.1 Å². The Hall–Kier alpha value is -1.74. The number of rotatable bonds is 8. The minimum atomic E-state index is -4.06. The molecule has 1 rings (SSSR count). The number of halogens is 3. The number of nitrogens with zero attached hydrogens (tertiary/aromatic N) is 1. The summed E-state index contributed by atoms with van der Waals surface area (Å²) in [5.41, 5.74) is 1.02. The Labute approximate surface area is 116 Å². The zero-order valence-electron chi connectivity index (χ0n) is 11.0. The fourth-order valence-electron chi connectivity index (χ4n) is 1.63. The number of hydrogen-bond acceptors (Lipinski definition) is 3. The molecule has 0 radical (unpaired) electrons. The van der Waals surface area contributed by atoms with Crippen molar-refractivity contribution in [2.75, 3.05) is 13.2 Å². The molecule has 0 saturated carbocycles. The van der Waals surface area contributed by atoms with Gasteiger partial charge in [0.2, 0.25) is 0 Å². The molecule has 6 heteroatoms. The van der Waals surface area contributed by atoms with E-state index in [2.05, 4.69) is 5.32 Å². The third kappa shape index (κ3) is 7.64. The van der Waals surface area contributed by atoms with E-state index in [9.17, 15) is 13.2 Å². The first kappa shape index (κ1) is 16.3. The monoisotopic (exact) mass is 286 g/mol. The van der Waals surface area contributed by atoms with Crippen LogP contribution >= 0.6 is 0 Å². The summed E-state index contributed by atoms with van der Waals surface area (Å²) in [7, 11) is 0. The van der Waals surface area contributed by atoms with Gasteiger partial charge in [-0.2, -0.15) is 18.4 Å². The Bertz CT molecular complexity index is 424. The van der Waals surface area contributed by atoms with Crippen molar-refractivity contribution in [2.45, 2.75) is 32.0 Å². The fraction of sp³-hybridized carbons (Fsp3) is 0.500. The normalized spacial score (nSPS) is 11.1. The molecule has 0 fully saturated rings. The molecule has 0 saturated heterocycles. The van der Waals surface area contributed by atoms with E-state index in [0.717, 1.165) is 5.56 Å². The van der Waals surface area contributed by atoms with Crippen LogP contribution in [0.4, 0.5) is 13.2 Å². The van der Waals surface area contributed by atoms with Crippen LogP contribution in [-0.4, -0.2) is 19.3 Å². The van der Waals surface area contributed by atoms with Crippen LogP contribution in [0, 0.1) is 11.3 Å². The van der Waals surface area contributed by atoms with Crippen LogP contribution in [0.25, 0.3) is 0 Å². The molecule has 0 spiro atoms. The number of nitrogens with one attached hydrogen (secondary N) is 1. The third-order valence-electron chi connectivity index (χ3n) is 2.62. The van der Waals surface area contributed by atoms with E-state index in [0.29, 0.717) is 25.3 Å². The van der Waals surface area contributed by atoms with Crippen LogP contribution in [-0.2, 0) is 6.54 Å². The Morgan fingerprint density at radius 3 is 2.45 bits per heavy atom. The molecule has 1 N–H and O–H groups in total. The van der Waals surface area contributed by atoms with Crippen LogP contribution in [0.15, 0.2) is 24.3 Å². The van der Waals surface area contributed by atoms with Gasteiger partial charge in [0, 0.05) is 13.0 Å². The number of hydrogen-bond donors (Lipinski definition) is 1. The van der Waals surface area contributed by atoms with Crippen molar-refractivity contribution >= 4 is 0 Å². The maximum absolute atomic E-state index is 11.9. The molecular formula is C14H17F3N2O. The van der Waals surface area contributed by atoms with Gasteiger partial charge in [0.15, 0.2) is 6.61 Å². The van der Waals surface area contributed by atoms with Gasteiger partial charge in [0.05, 0.1) is 0 Å². The number of alkyl halides is 3. The second kappa shape index (κ2) is 8.43. The highest BCUT2D eigenvalue weighted by molar-refractivity contribution is 5.27. The van der Waals surface area contributed by atoms with Gasteiger partial charge in [-0.05, 0) is 37.1 Å². The van der Waals surface area contributed by atoms with Gasteiger partial charge in [-0.25, -0.2) is 0 Å². The molecule has 0 amide bonds. The van der Waals surface area contributed by atoms with Crippen LogP contribution in [0.5, 0.6) is 5.75 Å². The zero-order valence-corrected chi connectivity index (χ0v) is 11.0. The third-order valence-corrected chi connectivity index (χ3v) is 2.62. The predicted octanol–water partition coefficient (Wildman–Crippen LogP) is 3.41. The first-order valence-electron chi connectivity index (χ1n) is 6.37. The highest BCUT2D eigenvalue weighted by Gasteiger charge is 2.25. The van der Waals surface area contributed by atoms with E-state index < -0.39 is 12.6 Å². The average Bonchev–Trinajstić information content (AvgIpc) is 2.40. The lowest BCUT2D eigenvalue weighted by molar-refractivity contribution is -0.135. The molecule has 110 valence electrons. The number of unbranched alkanes of at least 4 members (excludes halogenated alkanes) is 1. The molecule has 0 atom stereocenters. The lowest BCUT2D eigenvalue weighted by Crippen LogP contribution is -2.15. The summed E-state index contributed by atoms with van der Waals surface area (Å²) < 4.78 is 40.8. The number of nitriles is 1. The van der Waals surface area contributed by atoms with E-state index in [-0.39, 0.29) is 13.0 Å². The molecule has 0 aliphatic carbocycles. The van der Waals surface area contributed by atoms with E-state index >= 15 is 0 Å². The Morgan fingerprint density at radius 1 is 1.15 bits per heavy atom. The van der Waals surface area contributed by atoms with E-state index in [1.165, 1.54) is 0 Å². The van der Waals surface area contributed by atoms with Crippen molar-refractivity contribution in [3.8, 4) is 11.8 Å². The summed E-state index contributed by atoms with van der Waals surface area (Å²) in [6.45, 7) is 1.17. The predicted molar refractivity (Wildman–Crippen MR) is 69.2 cm³/mol. The smallest absolute Gasteiger partial charge is 0.389 e. The minimum Gasteiger partial charge on any atom is -0.479 e. The van der Waals surface area contributed by atoms with Crippen molar-refractivity contribution < 1.29 is 17.9 Å². The minimum absolute atomic E-state index is 0.0107. The number of ether oxygens (including phenoxy) is 1. The molecule has 1 aromatic carbocycles. The lowest BCUT2D eigenvalue weighted by Gasteiger charge is -2.07. The van der Waals surface area contributed by atoms with Crippen LogP contribution in [0.3, 0.4) is 0 Å². The first-order valence-corrected chi connectivity index (χ1v) is 6.37. The Kier molecular flexibility index (Phi) is 6.88. The molecule has 0 heterocycles. The summed E-state index contributed by atoms with van der Waals surface area (Å²) in [6.07, 6.45) is -4.13. The molecule has 0 unspecified atom stereocenters. The van der Waals surface area contributed by atoms with Crippen LogP contribution < -0.4 is 10.1 Å². The summed E-state index contributed by atoms with van der Waals surface area (Å²) in [6, 6.07) is 9.12. The second-order valence-corrected chi connectivity index (χ2v) is 4.34. The van der Waals surface area contributed by atoms with Gasteiger partial charge in [0.25, 0.3) is 0 Å². The van der Waals surface area contributed by atoms with Crippen molar-refractivity contribution in [1.29, 1.82) is 5.26 Å². The Balaban J connectivity index is 2.14. The van der Waals surface area contributed by atoms with Gasteiger partial charge in [-0.15, -0.1) is 0 Å². The van der Waals surface area contributed by atoms with Gasteiger partial charge < -0.3 is 10.1 Å². The molecular weight excluding hydrogens is 269 g/mol. The van der Waals surface area contributed by atoms with Gasteiger partial charge in [-0.3, -0.25) is 0 Å². The molecule has 3 nitrogen and oxygen atoms in total. The molecule has 0 aliphatic rings. The lowest BCUT2D eigenvalue weighted by atomic mass is 10.2. The van der Waals surface area contributed by atoms with Gasteiger partial charge >= 0.3 is 6.18 Å². The fourth-order valence-corrected chi connectivity index (χ4v) is 1.63. The highest BCUT2D eigenvalue weighted by Crippen LogP contribution is 2.21. The largest absolute Gasteiger partial charge is 0.479 e. The van der Waals surface area contributed by atoms with Crippen molar-refractivity contribution in [2.24, 2.45) is 0 Å². The standard InChI is InChI=1S/C14H17F3N2O/c15-14(16,17)7-1-2-9-19-11-12-3-5-13(6-4-12)20-10-8-18/h3-6,19H,1-2,7,9-11H2. The second-order valence-electron chi connectivity index (χ2n) is 4.34. The highest BCUT2D eigenvalue weighted by atomic mass is 19.4. The summed E-state index contributed by atoms with van der Waals surface area (Å²) in [4.78, 5) is 0. The molecule has 20 heavy (non-hydrogen) atoms. The zero-order chi connectivity index (χ0) is 14.8. The molecule has 0 bridgehead atoms. The van der Waals surface area contributed by atoms with Crippen LogP contribution in [0.1, 0.15) is 24.8 Å². The van der Waals surface area contributed by atoms with Crippen molar-refractivity contribution in [3.05, 3.63) is 29.8 Å². The van der Waals surface area contributed by atoms with Crippen molar-refractivity contribution in [3.63, 3.8) is 0 Å². The quantitative estimate of drug-likeness (QED) is 0.745. The summed E-state index contributed by atoms with van der Waals surface area (Å²) in [5, 5.41) is 11.5. The SMILES string of the molecule is N#CCOc1ccc(CNCCCCC(F)(F)F)cc1. The van der Waals surface area contributed by atoms with E-state index in [1.807, 2.05) is 18.2 Å². The summed E-state index contributed by atoms with van der Waals surface area (Å²) >= 11 is 0. The average molecular weight is 286 g/mol. The van der Waals surface area contributed by atoms with Gasteiger partial charge in [-0.1, -0.05) is 12.1 Å².